The minimum Gasteiger partial charge on any atom is -0.368 e. The number of carbonyl (C=O) groups is 7. The molecule has 0 spiro atoms. The molecule has 1 aliphatic carbocycles. The predicted molar refractivity (Wildman–Crippen MR) is 256 cm³/mol. The second-order valence-corrected chi connectivity index (χ2v) is 18.0. The van der Waals surface area contributed by atoms with Crippen molar-refractivity contribution >= 4 is 52.3 Å². The van der Waals surface area contributed by atoms with Crippen LogP contribution in [0.25, 0.3) is 10.9 Å². The van der Waals surface area contributed by atoms with E-state index in [1.807, 2.05) is 84.9 Å². The molecule has 0 bridgehead atoms. The van der Waals surface area contributed by atoms with Gasteiger partial charge >= 0.3 is 0 Å². The molecule has 16 heteroatoms. The summed E-state index contributed by atoms with van der Waals surface area (Å²) in [6.07, 6.45) is 9.97. The van der Waals surface area contributed by atoms with E-state index in [-0.39, 0.29) is 38.8 Å². The van der Waals surface area contributed by atoms with Gasteiger partial charge in [-0.05, 0) is 73.7 Å². The molecule has 0 unspecified atom stereocenters. The van der Waals surface area contributed by atoms with E-state index < -0.39 is 77.6 Å². The van der Waals surface area contributed by atoms with Gasteiger partial charge in [0, 0.05) is 49.8 Å². The van der Waals surface area contributed by atoms with Crippen LogP contribution in [0.2, 0.25) is 0 Å². The Morgan fingerprint density at radius 3 is 1.87 bits per heavy atom. The second kappa shape index (κ2) is 24.8. The van der Waals surface area contributed by atoms with E-state index in [4.69, 9.17) is 11.5 Å². The van der Waals surface area contributed by atoms with Gasteiger partial charge in [-0.25, -0.2) is 0 Å². The average molecular weight is 918 g/mol. The number of nitrogens with zero attached hydrogens (tertiary/aromatic N) is 1. The minimum atomic E-state index is -1.17. The third kappa shape index (κ3) is 14.5. The molecular formula is C51H67N9O7. The number of nitrogens with one attached hydrogen (secondary N) is 6. The quantitative estimate of drug-likeness (QED) is 0.0548. The Kier molecular flexibility index (Phi) is 18.5. The Morgan fingerprint density at radius 1 is 0.642 bits per heavy atom. The van der Waals surface area contributed by atoms with Crippen LogP contribution in [-0.2, 0) is 52.8 Å². The SMILES string of the molecule is CC(=O)N[C@@H](Cc1ccccc1)C(=O)N[C@@H](CCCN)C(=O)N1CCC[C@H]1C(=O)N[C@H](CCC1CCCCC1)C(=O)N[C@@H](Cc1c[nH]c2ccccc12)C(=O)N[C@@H](Cc1ccccc1)C(N)=O. The van der Waals surface area contributed by atoms with Gasteiger partial charge in [-0.3, -0.25) is 33.6 Å². The molecule has 1 saturated carbocycles. The fraction of sp³-hybridized carbons (Fsp3) is 0.471. The molecule has 3 aromatic carbocycles. The third-order valence-corrected chi connectivity index (χ3v) is 13.0. The number of rotatable bonds is 23. The average Bonchev–Trinajstić information content (AvgIpc) is 3.99. The first-order valence-electron chi connectivity index (χ1n) is 23.8. The Morgan fingerprint density at radius 2 is 1.22 bits per heavy atom. The van der Waals surface area contributed by atoms with Crippen molar-refractivity contribution in [1.29, 1.82) is 0 Å². The van der Waals surface area contributed by atoms with Crippen LogP contribution in [0.5, 0.6) is 0 Å². The molecule has 1 aromatic heterocycles. The van der Waals surface area contributed by atoms with Gasteiger partial charge in [0.05, 0.1) is 0 Å². The number of carbonyl (C=O) groups excluding carboxylic acids is 7. The van der Waals surface area contributed by atoms with Gasteiger partial charge in [0.25, 0.3) is 0 Å². The molecule has 1 aliphatic heterocycles. The number of H-pyrrole nitrogens is 1. The van der Waals surface area contributed by atoms with Crippen molar-refractivity contribution in [2.75, 3.05) is 13.1 Å². The normalized spacial score (nSPS) is 17.3. The first-order chi connectivity index (χ1) is 32.4. The molecular weight excluding hydrogens is 851 g/mol. The summed E-state index contributed by atoms with van der Waals surface area (Å²) in [6, 6.07) is 19.8. The van der Waals surface area contributed by atoms with Gasteiger partial charge < -0.3 is 47.9 Å². The molecule has 2 heterocycles. The van der Waals surface area contributed by atoms with Gasteiger partial charge in [0.1, 0.15) is 36.3 Å². The van der Waals surface area contributed by atoms with Crippen molar-refractivity contribution in [3.63, 3.8) is 0 Å². The molecule has 6 rings (SSSR count). The zero-order valence-corrected chi connectivity index (χ0v) is 38.5. The lowest BCUT2D eigenvalue weighted by Gasteiger charge is -2.31. The van der Waals surface area contributed by atoms with E-state index in [9.17, 15) is 33.6 Å². The minimum absolute atomic E-state index is 0.0661. The third-order valence-electron chi connectivity index (χ3n) is 13.0. The molecule has 0 radical (unpaired) electrons. The summed E-state index contributed by atoms with van der Waals surface area (Å²) in [7, 11) is 0. The van der Waals surface area contributed by atoms with Crippen molar-refractivity contribution in [1.82, 2.24) is 36.5 Å². The molecule has 1 saturated heterocycles. The van der Waals surface area contributed by atoms with Gasteiger partial charge in [-0.2, -0.15) is 0 Å². The lowest BCUT2D eigenvalue weighted by atomic mass is 9.85. The maximum atomic E-state index is 14.6. The van der Waals surface area contributed by atoms with Crippen molar-refractivity contribution in [2.24, 2.45) is 17.4 Å². The van der Waals surface area contributed by atoms with Crippen LogP contribution in [0.15, 0.2) is 91.1 Å². The Hall–Kier alpha value is -6.55. The Bertz CT molecular complexity index is 2300. The smallest absolute Gasteiger partial charge is 0.245 e. The number of benzene rings is 3. The number of aromatic amines is 1. The highest BCUT2D eigenvalue weighted by Crippen LogP contribution is 2.28. The molecule has 2 aliphatic rings. The largest absolute Gasteiger partial charge is 0.368 e. The maximum absolute atomic E-state index is 14.6. The molecule has 7 amide bonds. The van der Waals surface area contributed by atoms with Crippen LogP contribution in [0.4, 0.5) is 0 Å². The molecule has 2 fully saturated rings. The number of fused-ring (bicyclic) bond motifs is 1. The zero-order valence-electron chi connectivity index (χ0n) is 38.5. The monoisotopic (exact) mass is 918 g/mol. The Labute approximate surface area is 392 Å². The van der Waals surface area contributed by atoms with Crippen molar-refractivity contribution in [2.45, 2.75) is 133 Å². The molecule has 16 nitrogen and oxygen atoms in total. The summed E-state index contributed by atoms with van der Waals surface area (Å²) in [5.74, 6) is -3.48. The Balaban J connectivity index is 1.21. The molecule has 10 N–H and O–H groups in total. The van der Waals surface area contributed by atoms with E-state index in [0.29, 0.717) is 38.0 Å². The van der Waals surface area contributed by atoms with E-state index in [2.05, 4.69) is 31.6 Å². The summed E-state index contributed by atoms with van der Waals surface area (Å²) in [6.45, 7) is 1.83. The summed E-state index contributed by atoms with van der Waals surface area (Å²) >= 11 is 0. The van der Waals surface area contributed by atoms with Gasteiger partial charge in [0.2, 0.25) is 41.4 Å². The van der Waals surface area contributed by atoms with Crippen molar-refractivity contribution in [3.8, 4) is 0 Å². The van der Waals surface area contributed by atoms with Crippen molar-refractivity contribution < 1.29 is 33.6 Å². The number of para-hydroxylation sites is 1. The fourth-order valence-electron chi connectivity index (χ4n) is 9.42. The standard InChI is InChI=1S/C51H67N9O7/c1-33(61)55-43(30-36-19-9-4-10-20-36)48(64)57-41(23-13-27-52)51(67)60-28-14-24-45(60)50(66)56-40(26-25-34-15-5-2-6-16-34)47(63)59-44(31-37-32-54-39-22-12-11-21-38(37)39)49(65)58-42(46(53)62)29-35-17-7-3-8-18-35/h3-4,7-12,17-22,32,34,40-45,54H,2,5-6,13-16,23-31,52H2,1H3,(H2,53,62)(H,55,61)(H,56,66)(H,57,64)(H,58,65)(H,59,63)/t40-,41+,42+,43+,44+,45+/m1/s1. The predicted octanol–water partition coefficient (Wildman–Crippen LogP) is 3.22. The summed E-state index contributed by atoms with van der Waals surface area (Å²) in [5.41, 5.74) is 14.9. The molecule has 358 valence electrons. The number of hydrogen-bond acceptors (Lipinski definition) is 8. The van der Waals surface area contributed by atoms with Gasteiger partial charge in [0.15, 0.2) is 0 Å². The highest BCUT2D eigenvalue weighted by Gasteiger charge is 2.40. The van der Waals surface area contributed by atoms with Crippen LogP contribution < -0.4 is 38.1 Å². The fourth-order valence-corrected chi connectivity index (χ4v) is 9.42. The number of hydrogen-bond donors (Lipinski definition) is 8. The summed E-state index contributed by atoms with van der Waals surface area (Å²) in [5, 5.41) is 15.2. The van der Waals surface area contributed by atoms with Gasteiger partial charge in [-0.1, -0.05) is 111 Å². The highest BCUT2D eigenvalue weighted by atomic mass is 16.2. The number of nitrogens with two attached hydrogens (primary N) is 2. The highest BCUT2D eigenvalue weighted by molar-refractivity contribution is 5.97. The second-order valence-electron chi connectivity index (χ2n) is 18.0. The van der Waals surface area contributed by atoms with E-state index in [0.717, 1.165) is 59.7 Å². The topological polar surface area (TPSA) is 251 Å². The number of aromatic nitrogens is 1. The van der Waals surface area contributed by atoms with E-state index >= 15 is 0 Å². The number of likely N-dealkylation sites (tertiary alicyclic amines) is 1. The van der Waals surface area contributed by atoms with Crippen molar-refractivity contribution in [3.05, 3.63) is 108 Å². The number of amides is 7. The molecule has 4 aromatic rings. The lowest BCUT2D eigenvalue weighted by Crippen LogP contribution is -2.59. The van der Waals surface area contributed by atoms with Crippen LogP contribution in [-0.4, -0.2) is 101 Å². The van der Waals surface area contributed by atoms with Crippen LogP contribution in [0.1, 0.15) is 94.2 Å². The lowest BCUT2D eigenvalue weighted by molar-refractivity contribution is -0.142. The molecule has 67 heavy (non-hydrogen) atoms. The molecule has 6 atom stereocenters. The summed E-state index contributed by atoms with van der Waals surface area (Å²) in [4.78, 5) is 101. The number of primary amides is 1. The first-order valence-corrected chi connectivity index (χ1v) is 23.8. The van der Waals surface area contributed by atoms with E-state index in [1.165, 1.54) is 11.8 Å². The van der Waals surface area contributed by atoms with Crippen LogP contribution in [0.3, 0.4) is 0 Å². The van der Waals surface area contributed by atoms with E-state index in [1.54, 1.807) is 6.20 Å². The first kappa shape index (κ1) is 49.9. The summed E-state index contributed by atoms with van der Waals surface area (Å²) < 4.78 is 0. The van der Waals surface area contributed by atoms with Crippen LogP contribution >= 0.6 is 0 Å². The maximum Gasteiger partial charge on any atom is 0.245 e. The van der Waals surface area contributed by atoms with Gasteiger partial charge in [-0.15, -0.1) is 0 Å². The van der Waals surface area contributed by atoms with Crippen LogP contribution in [0, 0.1) is 5.92 Å². The zero-order chi connectivity index (χ0) is 47.7.